The number of rotatable bonds is 6. The third kappa shape index (κ3) is 3.97. The van der Waals surface area contributed by atoms with Gasteiger partial charge in [0.1, 0.15) is 5.75 Å². The molecule has 0 aliphatic carbocycles. The van der Waals surface area contributed by atoms with E-state index in [0.717, 1.165) is 43.7 Å². The lowest BCUT2D eigenvalue weighted by molar-refractivity contribution is -0.133. The maximum Gasteiger partial charge on any atom is 0.226 e. The van der Waals surface area contributed by atoms with Crippen LogP contribution in [-0.2, 0) is 11.3 Å². The highest BCUT2D eigenvalue weighted by Gasteiger charge is 2.37. The highest BCUT2D eigenvalue weighted by atomic mass is 16.5. The molecule has 1 aromatic rings. The van der Waals surface area contributed by atoms with E-state index in [1.807, 2.05) is 31.2 Å². The minimum absolute atomic E-state index is 0.188. The number of ether oxygens (including phenoxy) is 1. The summed E-state index contributed by atoms with van der Waals surface area (Å²) in [5.41, 5.74) is 0.887. The Morgan fingerprint density at radius 3 is 2.76 bits per heavy atom. The molecule has 2 N–H and O–H groups in total. The molecule has 0 aromatic heterocycles. The van der Waals surface area contributed by atoms with Gasteiger partial charge in [-0.3, -0.25) is 4.79 Å². The highest BCUT2D eigenvalue weighted by Crippen LogP contribution is 2.32. The van der Waals surface area contributed by atoms with Gasteiger partial charge in [-0.2, -0.15) is 0 Å². The second-order valence-electron chi connectivity index (χ2n) is 5.65. The molecule has 0 unspecified atom stereocenters. The summed E-state index contributed by atoms with van der Waals surface area (Å²) in [4.78, 5) is 12.6. The van der Waals surface area contributed by atoms with E-state index in [1.165, 1.54) is 0 Å². The molecular formula is C17H26N2O2. The summed E-state index contributed by atoms with van der Waals surface area (Å²) >= 11 is 0. The summed E-state index contributed by atoms with van der Waals surface area (Å²) in [5.74, 6) is 1.05. The minimum Gasteiger partial charge on any atom is -0.494 e. The fourth-order valence-corrected chi connectivity index (χ4v) is 2.93. The predicted octanol–water partition coefficient (Wildman–Crippen LogP) is 2.48. The van der Waals surface area contributed by atoms with E-state index in [4.69, 9.17) is 4.74 Å². The molecule has 1 aliphatic rings. The number of benzene rings is 1. The zero-order valence-corrected chi connectivity index (χ0v) is 13.1. The normalized spacial score (nSPS) is 17.2. The number of carbonyl (C=O) groups is 1. The first-order valence-corrected chi connectivity index (χ1v) is 7.91. The Morgan fingerprint density at radius 1 is 1.33 bits per heavy atom. The van der Waals surface area contributed by atoms with Crippen molar-refractivity contribution in [1.82, 2.24) is 10.6 Å². The van der Waals surface area contributed by atoms with Crippen molar-refractivity contribution in [3.05, 3.63) is 29.8 Å². The van der Waals surface area contributed by atoms with Crippen LogP contribution in [0, 0.1) is 5.41 Å². The smallest absolute Gasteiger partial charge is 0.226 e. The summed E-state index contributed by atoms with van der Waals surface area (Å²) in [6, 6.07) is 7.91. The standard InChI is InChI=1S/C17H26N2O2/c1-3-17(8-10-18-11-9-17)16(20)19-13-14-6-5-7-15(12-14)21-4-2/h5-7,12,18H,3-4,8-11,13H2,1-2H3,(H,19,20). The summed E-state index contributed by atoms with van der Waals surface area (Å²) in [7, 11) is 0. The molecule has 2 rings (SSSR count). The first-order valence-electron chi connectivity index (χ1n) is 7.91. The fourth-order valence-electron chi connectivity index (χ4n) is 2.93. The summed E-state index contributed by atoms with van der Waals surface area (Å²) in [6.07, 6.45) is 2.75. The Morgan fingerprint density at radius 2 is 2.10 bits per heavy atom. The third-order valence-corrected chi connectivity index (χ3v) is 4.38. The van der Waals surface area contributed by atoms with Crippen LogP contribution in [0.15, 0.2) is 24.3 Å². The fraction of sp³-hybridized carbons (Fsp3) is 0.588. The van der Waals surface area contributed by atoms with Crippen molar-refractivity contribution < 1.29 is 9.53 Å². The van der Waals surface area contributed by atoms with E-state index in [9.17, 15) is 4.79 Å². The largest absolute Gasteiger partial charge is 0.494 e. The zero-order chi connectivity index (χ0) is 15.1. The topological polar surface area (TPSA) is 50.4 Å². The van der Waals surface area contributed by atoms with Crippen LogP contribution in [0.4, 0.5) is 0 Å². The summed E-state index contributed by atoms with van der Waals surface area (Å²) in [6.45, 7) is 7.16. The molecule has 4 heteroatoms. The van der Waals surface area contributed by atoms with Crippen LogP contribution in [0.2, 0.25) is 0 Å². The third-order valence-electron chi connectivity index (χ3n) is 4.38. The van der Waals surface area contributed by atoms with E-state index >= 15 is 0 Å². The van der Waals surface area contributed by atoms with Crippen LogP contribution in [-0.4, -0.2) is 25.6 Å². The quantitative estimate of drug-likeness (QED) is 0.846. The van der Waals surface area contributed by atoms with Gasteiger partial charge in [0.25, 0.3) is 0 Å². The number of amides is 1. The maximum atomic E-state index is 12.6. The molecule has 1 fully saturated rings. The number of carbonyl (C=O) groups excluding carboxylic acids is 1. The van der Waals surface area contributed by atoms with Crippen molar-refractivity contribution in [3.63, 3.8) is 0 Å². The highest BCUT2D eigenvalue weighted by molar-refractivity contribution is 5.82. The Labute approximate surface area is 127 Å². The van der Waals surface area contributed by atoms with Gasteiger partial charge in [0.2, 0.25) is 5.91 Å². The molecule has 1 aromatic carbocycles. The molecule has 0 saturated carbocycles. The predicted molar refractivity (Wildman–Crippen MR) is 84.3 cm³/mol. The lowest BCUT2D eigenvalue weighted by Gasteiger charge is -2.35. The Balaban J connectivity index is 1.95. The molecule has 1 heterocycles. The van der Waals surface area contributed by atoms with E-state index in [-0.39, 0.29) is 11.3 Å². The van der Waals surface area contributed by atoms with E-state index < -0.39 is 0 Å². The van der Waals surface area contributed by atoms with Gasteiger partial charge >= 0.3 is 0 Å². The van der Waals surface area contributed by atoms with Crippen LogP contribution in [0.1, 0.15) is 38.7 Å². The average Bonchev–Trinajstić information content (AvgIpc) is 2.54. The first-order chi connectivity index (χ1) is 10.2. The van der Waals surface area contributed by atoms with Crippen LogP contribution >= 0.6 is 0 Å². The van der Waals surface area contributed by atoms with Gasteiger partial charge in [0.15, 0.2) is 0 Å². The summed E-state index contributed by atoms with van der Waals surface area (Å²) < 4.78 is 5.49. The number of nitrogens with one attached hydrogen (secondary N) is 2. The van der Waals surface area contributed by atoms with Crippen molar-refractivity contribution in [3.8, 4) is 5.75 Å². The Bertz CT molecular complexity index is 468. The van der Waals surface area contributed by atoms with Gasteiger partial charge in [0.05, 0.1) is 12.0 Å². The molecule has 1 saturated heterocycles. The minimum atomic E-state index is -0.192. The van der Waals surface area contributed by atoms with Crippen LogP contribution in [0.5, 0.6) is 5.75 Å². The SMILES string of the molecule is CCOc1cccc(CNC(=O)C2(CC)CCNCC2)c1. The van der Waals surface area contributed by atoms with Crippen molar-refractivity contribution >= 4 is 5.91 Å². The van der Waals surface area contributed by atoms with Gasteiger partial charge in [-0.1, -0.05) is 19.1 Å². The molecule has 4 nitrogen and oxygen atoms in total. The summed E-state index contributed by atoms with van der Waals surface area (Å²) in [5, 5.41) is 6.43. The second kappa shape index (κ2) is 7.46. The average molecular weight is 290 g/mol. The molecule has 116 valence electrons. The van der Waals surface area contributed by atoms with Gasteiger partial charge < -0.3 is 15.4 Å². The maximum absolute atomic E-state index is 12.6. The van der Waals surface area contributed by atoms with E-state index in [2.05, 4.69) is 17.6 Å². The van der Waals surface area contributed by atoms with Crippen molar-refractivity contribution in [2.45, 2.75) is 39.7 Å². The van der Waals surface area contributed by atoms with Gasteiger partial charge in [0, 0.05) is 6.54 Å². The first kappa shape index (κ1) is 15.8. The van der Waals surface area contributed by atoms with Crippen LogP contribution in [0.25, 0.3) is 0 Å². The molecule has 0 atom stereocenters. The molecule has 21 heavy (non-hydrogen) atoms. The van der Waals surface area contributed by atoms with Crippen LogP contribution in [0.3, 0.4) is 0 Å². The molecule has 0 radical (unpaired) electrons. The van der Waals surface area contributed by atoms with Crippen molar-refractivity contribution in [1.29, 1.82) is 0 Å². The van der Waals surface area contributed by atoms with Gasteiger partial charge in [-0.25, -0.2) is 0 Å². The molecule has 1 aliphatic heterocycles. The lowest BCUT2D eigenvalue weighted by Crippen LogP contribution is -2.47. The Hall–Kier alpha value is -1.55. The van der Waals surface area contributed by atoms with Crippen molar-refractivity contribution in [2.75, 3.05) is 19.7 Å². The molecule has 1 amide bonds. The lowest BCUT2D eigenvalue weighted by atomic mass is 9.76. The molecule has 0 bridgehead atoms. The van der Waals surface area contributed by atoms with Gasteiger partial charge in [-0.15, -0.1) is 0 Å². The van der Waals surface area contributed by atoms with E-state index in [1.54, 1.807) is 0 Å². The van der Waals surface area contributed by atoms with Crippen LogP contribution < -0.4 is 15.4 Å². The Kier molecular flexibility index (Phi) is 5.62. The monoisotopic (exact) mass is 290 g/mol. The number of piperidine rings is 1. The molecular weight excluding hydrogens is 264 g/mol. The molecule has 0 spiro atoms. The number of hydrogen-bond acceptors (Lipinski definition) is 3. The second-order valence-corrected chi connectivity index (χ2v) is 5.65. The zero-order valence-electron chi connectivity index (χ0n) is 13.1. The van der Waals surface area contributed by atoms with Crippen molar-refractivity contribution in [2.24, 2.45) is 5.41 Å². The van der Waals surface area contributed by atoms with Gasteiger partial charge in [-0.05, 0) is 57.0 Å². The van der Waals surface area contributed by atoms with E-state index in [0.29, 0.717) is 13.2 Å². The number of hydrogen-bond donors (Lipinski definition) is 2.